The van der Waals surface area contributed by atoms with E-state index in [1.807, 2.05) is 18.2 Å². The van der Waals surface area contributed by atoms with Gasteiger partial charge in [-0.25, -0.2) is 0 Å². The van der Waals surface area contributed by atoms with Crippen molar-refractivity contribution in [1.29, 1.82) is 0 Å². The molecule has 5 nitrogen and oxygen atoms in total. The van der Waals surface area contributed by atoms with Crippen molar-refractivity contribution < 1.29 is 14.3 Å². The molecule has 2 bridgehead atoms. The smallest absolute Gasteiger partial charge is 0.224 e. The van der Waals surface area contributed by atoms with Crippen LogP contribution in [0, 0.1) is 17.8 Å². The van der Waals surface area contributed by atoms with Crippen LogP contribution in [0.15, 0.2) is 18.2 Å². The van der Waals surface area contributed by atoms with E-state index in [0.29, 0.717) is 29.9 Å². The number of carbonyl (C=O) groups excluding carboxylic acids is 1. The van der Waals surface area contributed by atoms with E-state index < -0.39 is 0 Å². The van der Waals surface area contributed by atoms with E-state index in [0.717, 1.165) is 18.4 Å². The molecule has 4 unspecified atom stereocenters. The van der Waals surface area contributed by atoms with Crippen LogP contribution in [0.2, 0.25) is 0 Å². The topological polar surface area (TPSA) is 73.6 Å². The summed E-state index contributed by atoms with van der Waals surface area (Å²) in [5.41, 5.74) is 7.18. The number of ether oxygens (including phenoxy) is 2. The van der Waals surface area contributed by atoms with Crippen LogP contribution in [0.1, 0.15) is 38.7 Å². The van der Waals surface area contributed by atoms with Gasteiger partial charge in [-0.1, -0.05) is 19.9 Å². The minimum atomic E-state index is -0.211. The van der Waals surface area contributed by atoms with Crippen molar-refractivity contribution in [3.05, 3.63) is 23.8 Å². The summed E-state index contributed by atoms with van der Waals surface area (Å²) in [7, 11) is 3.26. The number of amides is 1. The van der Waals surface area contributed by atoms with E-state index in [1.165, 1.54) is 6.42 Å². The van der Waals surface area contributed by atoms with Gasteiger partial charge in [0.1, 0.15) is 0 Å². The highest BCUT2D eigenvalue weighted by Gasteiger charge is 2.49. The first-order valence-corrected chi connectivity index (χ1v) is 9.13. The van der Waals surface area contributed by atoms with E-state index >= 15 is 0 Å². The molecule has 5 heteroatoms. The number of methoxy groups -OCH3 is 2. The third kappa shape index (κ3) is 3.34. The van der Waals surface area contributed by atoms with Gasteiger partial charge in [-0.2, -0.15) is 0 Å². The molecule has 1 aromatic carbocycles. The Labute approximate surface area is 150 Å². The second-order valence-electron chi connectivity index (χ2n) is 8.11. The largest absolute Gasteiger partial charge is 0.493 e. The lowest BCUT2D eigenvalue weighted by molar-refractivity contribution is -0.127. The second kappa shape index (κ2) is 6.87. The fourth-order valence-electron chi connectivity index (χ4n) is 4.51. The molecule has 2 fully saturated rings. The molecule has 4 atom stereocenters. The fourth-order valence-corrected chi connectivity index (χ4v) is 4.51. The van der Waals surface area contributed by atoms with E-state index in [-0.39, 0.29) is 23.3 Å². The Kier molecular flexibility index (Phi) is 4.96. The van der Waals surface area contributed by atoms with Crippen LogP contribution in [0.5, 0.6) is 11.5 Å². The number of rotatable bonds is 6. The first-order valence-electron chi connectivity index (χ1n) is 9.13. The molecule has 0 saturated heterocycles. The molecule has 138 valence electrons. The zero-order valence-electron chi connectivity index (χ0n) is 15.7. The van der Waals surface area contributed by atoms with Gasteiger partial charge in [-0.05, 0) is 48.8 Å². The summed E-state index contributed by atoms with van der Waals surface area (Å²) in [6.45, 7) is 4.81. The minimum Gasteiger partial charge on any atom is -0.493 e. The zero-order valence-corrected chi connectivity index (χ0v) is 15.7. The molecule has 0 radical (unpaired) electrons. The maximum atomic E-state index is 12.7. The molecule has 2 saturated carbocycles. The van der Waals surface area contributed by atoms with Gasteiger partial charge in [0.2, 0.25) is 5.91 Å². The van der Waals surface area contributed by atoms with Crippen LogP contribution in [0.4, 0.5) is 0 Å². The van der Waals surface area contributed by atoms with Gasteiger partial charge < -0.3 is 20.5 Å². The summed E-state index contributed by atoms with van der Waals surface area (Å²) in [5.74, 6) is 2.53. The lowest BCUT2D eigenvalue weighted by Gasteiger charge is -2.30. The van der Waals surface area contributed by atoms with E-state index in [9.17, 15) is 4.79 Å². The number of carbonyl (C=O) groups is 1. The quantitative estimate of drug-likeness (QED) is 0.830. The maximum absolute atomic E-state index is 12.7. The average Bonchev–Trinajstić information content (AvgIpc) is 3.20. The summed E-state index contributed by atoms with van der Waals surface area (Å²) >= 11 is 0. The van der Waals surface area contributed by atoms with Crippen molar-refractivity contribution in [3.63, 3.8) is 0 Å². The predicted octanol–water partition coefficient (Wildman–Crippen LogP) is 2.47. The Bertz CT molecular complexity index is 642. The van der Waals surface area contributed by atoms with Crippen LogP contribution in [-0.2, 0) is 10.2 Å². The van der Waals surface area contributed by atoms with Crippen LogP contribution in [0.25, 0.3) is 0 Å². The maximum Gasteiger partial charge on any atom is 0.224 e. The Balaban J connectivity index is 1.66. The number of fused-ring (bicyclic) bond motifs is 2. The molecular formula is C20H30N2O3. The molecule has 3 N–H and O–H groups in total. The van der Waals surface area contributed by atoms with E-state index in [2.05, 4.69) is 19.2 Å². The van der Waals surface area contributed by atoms with E-state index in [4.69, 9.17) is 15.2 Å². The Morgan fingerprint density at radius 3 is 2.48 bits per heavy atom. The van der Waals surface area contributed by atoms with Crippen molar-refractivity contribution in [3.8, 4) is 11.5 Å². The third-order valence-corrected chi connectivity index (χ3v) is 6.15. The Morgan fingerprint density at radius 1 is 1.20 bits per heavy atom. The first-order chi connectivity index (χ1) is 11.9. The summed E-state index contributed by atoms with van der Waals surface area (Å²) < 4.78 is 10.7. The number of hydrogen-bond acceptors (Lipinski definition) is 4. The summed E-state index contributed by atoms with van der Waals surface area (Å²) in [6, 6.07) is 5.94. The molecule has 1 aromatic rings. The predicted molar refractivity (Wildman–Crippen MR) is 97.9 cm³/mol. The highest BCUT2D eigenvalue weighted by atomic mass is 16.5. The SMILES string of the molecule is COc1ccc(C(C)(C)CNC(=O)C2C3CCC(C3)C2N)cc1OC. The molecule has 3 rings (SSSR count). The highest BCUT2D eigenvalue weighted by Crippen LogP contribution is 2.47. The number of hydrogen-bond donors (Lipinski definition) is 2. The standard InChI is InChI=1S/C20H30N2O3/c1-20(2,14-7-8-15(24-3)16(10-14)25-4)11-22-19(23)17-12-5-6-13(9-12)18(17)21/h7-8,10,12-13,17-18H,5-6,9,11,21H2,1-4H3,(H,22,23). The third-order valence-electron chi connectivity index (χ3n) is 6.15. The van der Waals surface area contributed by atoms with Crippen LogP contribution in [0.3, 0.4) is 0 Å². The molecule has 2 aliphatic carbocycles. The monoisotopic (exact) mass is 346 g/mol. The highest BCUT2D eigenvalue weighted by molar-refractivity contribution is 5.80. The molecule has 2 aliphatic rings. The van der Waals surface area contributed by atoms with Gasteiger partial charge in [0.05, 0.1) is 20.1 Å². The van der Waals surface area contributed by atoms with E-state index in [1.54, 1.807) is 14.2 Å². The number of benzene rings is 1. The first kappa shape index (κ1) is 18.1. The van der Waals surface area contributed by atoms with Crippen LogP contribution in [-0.4, -0.2) is 32.7 Å². The Hall–Kier alpha value is -1.75. The molecule has 25 heavy (non-hydrogen) atoms. The van der Waals surface area contributed by atoms with Crippen LogP contribution < -0.4 is 20.5 Å². The van der Waals surface area contributed by atoms with Crippen molar-refractivity contribution in [2.24, 2.45) is 23.5 Å². The van der Waals surface area contributed by atoms with Crippen molar-refractivity contribution in [1.82, 2.24) is 5.32 Å². The van der Waals surface area contributed by atoms with Crippen molar-refractivity contribution in [2.75, 3.05) is 20.8 Å². The summed E-state index contributed by atoms with van der Waals surface area (Å²) in [4.78, 5) is 12.7. The van der Waals surface area contributed by atoms with Gasteiger partial charge >= 0.3 is 0 Å². The second-order valence-corrected chi connectivity index (χ2v) is 8.11. The van der Waals surface area contributed by atoms with Gasteiger partial charge in [0.15, 0.2) is 11.5 Å². The molecule has 1 amide bonds. The molecule has 0 aromatic heterocycles. The Morgan fingerprint density at radius 2 is 1.88 bits per heavy atom. The van der Waals surface area contributed by atoms with Gasteiger partial charge in [-0.3, -0.25) is 4.79 Å². The molecular weight excluding hydrogens is 316 g/mol. The number of nitrogens with one attached hydrogen (secondary N) is 1. The average molecular weight is 346 g/mol. The zero-order chi connectivity index (χ0) is 18.2. The van der Waals surface area contributed by atoms with Crippen molar-refractivity contribution >= 4 is 5.91 Å². The summed E-state index contributed by atoms with van der Waals surface area (Å²) in [5, 5.41) is 3.15. The fraction of sp³-hybridized carbons (Fsp3) is 0.650. The molecule has 0 aliphatic heterocycles. The van der Waals surface area contributed by atoms with Gasteiger partial charge in [-0.15, -0.1) is 0 Å². The van der Waals surface area contributed by atoms with Gasteiger partial charge in [0.25, 0.3) is 0 Å². The normalized spacial score (nSPS) is 28.0. The number of nitrogens with two attached hydrogens (primary N) is 1. The minimum absolute atomic E-state index is 0.0139. The lowest BCUT2D eigenvalue weighted by Crippen LogP contribution is -2.47. The molecule has 0 heterocycles. The van der Waals surface area contributed by atoms with Crippen LogP contribution >= 0.6 is 0 Å². The molecule has 0 spiro atoms. The van der Waals surface area contributed by atoms with Gasteiger partial charge in [0, 0.05) is 18.0 Å². The summed E-state index contributed by atoms with van der Waals surface area (Å²) in [6.07, 6.45) is 3.46. The van der Waals surface area contributed by atoms with Crippen molar-refractivity contribution in [2.45, 2.75) is 44.6 Å². The lowest BCUT2D eigenvalue weighted by atomic mass is 9.82.